The summed E-state index contributed by atoms with van der Waals surface area (Å²) in [6.45, 7) is 8.44. The van der Waals surface area contributed by atoms with Gasteiger partial charge in [0, 0.05) is 27.2 Å². The van der Waals surface area contributed by atoms with Crippen molar-refractivity contribution in [2.24, 2.45) is 0 Å². The molecule has 0 spiro atoms. The van der Waals surface area contributed by atoms with Gasteiger partial charge in [0.25, 0.3) is 10.0 Å². The van der Waals surface area contributed by atoms with E-state index in [2.05, 4.69) is 5.32 Å². The van der Waals surface area contributed by atoms with E-state index < -0.39 is 34.1 Å². The maximum Gasteiger partial charge on any atom is 0.264 e. The molecule has 0 aromatic heterocycles. The number of aryl methyl sites for hydroxylation is 1. The van der Waals surface area contributed by atoms with E-state index in [1.165, 1.54) is 17.0 Å². The van der Waals surface area contributed by atoms with Crippen LogP contribution < -0.4 is 9.62 Å². The summed E-state index contributed by atoms with van der Waals surface area (Å²) < 4.78 is 28.9. The largest absolute Gasteiger partial charge is 0.350 e. The summed E-state index contributed by atoms with van der Waals surface area (Å²) in [4.78, 5) is 29.0. The Labute approximate surface area is 257 Å². The molecule has 11 heteroatoms. The van der Waals surface area contributed by atoms with Crippen molar-refractivity contribution in [3.63, 3.8) is 0 Å². The molecule has 3 rings (SSSR count). The van der Waals surface area contributed by atoms with Crippen molar-refractivity contribution in [1.29, 1.82) is 0 Å². The maximum atomic E-state index is 14.2. The highest BCUT2D eigenvalue weighted by Crippen LogP contribution is 2.30. The second-order valence-electron chi connectivity index (χ2n) is 10.7. The fourth-order valence-corrected chi connectivity index (χ4v) is 6.53. The molecule has 0 saturated heterocycles. The Morgan fingerprint density at radius 1 is 0.927 bits per heavy atom. The highest BCUT2D eigenvalue weighted by molar-refractivity contribution is 7.92. The number of hydrogen-bond acceptors (Lipinski definition) is 4. The number of rotatable bonds is 10. The van der Waals surface area contributed by atoms with Crippen molar-refractivity contribution in [3.05, 3.63) is 92.9 Å². The van der Waals surface area contributed by atoms with Gasteiger partial charge >= 0.3 is 0 Å². The van der Waals surface area contributed by atoms with Crippen molar-refractivity contribution in [2.45, 2.75) is 64.1 Å². The molecule has 0 fully saturated rings. The highest BCUT2D eigenvalue weighted by Gasteiger charge is 2.35. The van der Waals surface area contributed by atoms with Gasteiger partial charge < -0.3 is 10.2 Å². The quantitative estimate of drug-likeness (QED) is 0.263. The molecule has 2 amide bonds. The number of anilines is 1. The third-order valence-electron chi connectivity index (χ3n) is 6.28. The molecular formula is C30H34Cl3N3O4S. The number of carbonyl (C=O) groups is 2. The van der Waals surface area contributed by atoms with Crippen molar-refractivity contribution in [3.8, 4) is 0 Å². The van der Waals surface area contributed by atoms with Gasteiger partial charge in [0.15, 0.2) is 0 Å². The standard InChI is InChI=1S/C30H34Cl3N3O4S/c1-6-26(29(38)34-30(3,4)5)35(18-21-12-13-23(32)17-25(21)33)28(37)19-36(27-15-14-22(31)16-20(27)2)41(39,40)24-10-8-7-9-11-24/h7-17,26H,6,18-19H2,1-5H3,(H,34,38)/t26-/m1/s1. The van der Waals surface area contributed by atoms with E-state index in [0.29, 0.717) is 31.9 Å². The van der Waals surface area contributed by atoms with Crippen LogP contribution in [0.3, 0.4) is 0 Å². The number of sulfonamides is 1. The van der Waals surface area contributed by atoms with E-state index in [1.54, 1.807) is 68.4 Å². The SMILES string of the molecule is CC[C@H](C(=O)NC(C)(C)C)N(Cc1ccc(Cl)cc1Cl)C(=O)CN(c1ccc(Cl)cc1C)S(=O)(=O)c1ccccc1. The van der Waals surface area contributed by atoms with Crippen LogP contribution in [0.2, 0.25) is 15.1 Å². The van der Waals surface area contributed by atoms with Gasteiger partial charge in [-0.15, -0.1) is 0 Å². The van der Waals surface area contributed by atoms with Gasteiger partial charge in [0.1, 0.15) is 12.6 Å². The monoisotopic (exact) mass is 637 g/mol. The van der Waals surface area contributed by atoms with Gasteiger partial charge in [0.2, 0.25) is 11.8 Å². The molecule has 0 saturated carbocycles. The molecule has 220 valence electrons. The first-order valence-corrected chi connectivity index (χ1v) is 15.6. The number of hydrogen-bond donors (Lipinski definition) is 1. The molecule has 1 N–H and O–H groups in total. The molecule has 7 nitrogen and oxygen atoms in total. The summed E-state index contributed by atoms with van der Waals surface area (Å²) >= 11 is 18.7. The smallest absolute Gasteiger partial charge is 0.264 e. The minimum absolute atomic E-state index is 0.0203. The highest BCUT2D eigenvalue weighted by atomic mass is 35.5. The van der Waals surface area contributed by atoms with Crippen LogP contribution in [0.25, 0.3) is 0 Å². The molecule has 3 aromatic carbocycles. The van der Waals surface area contributed by atoms with Gasteiger partial charge in [0.05, 0.1) is 10.6 Å². The minimum atomic E-state index is -4.19. The minimum Gasteiger partial charge on any atom is -0.350 e. The van der Waals surface area contributed by atoms with E-state index in [1.807, 2.05) is 20.8 Å². The molecule has 0 bridgehead atoms. The Morgan fingerprint density at radius 2 is 1.54 bits per heavy atom. The van der Waals surface area contributed by atoms with Gasteiger partial charge in [-0.25, -0.2) is 8.42 Å². The molecule has 0 unspecified atom stereocenters. The summed E-state index contributed by atoms with van der Waals surface area (Å²) in [7, 11) is -4.19. The summed E-state index contributed by atoms with van der Waals surface area (Å²) in [5.74, 6) is -0.945. The average molecular weight is 639 g/mol. The average Bonchev–Trinajstić information content (AvgIpc) is 2.88. The van der Waals surface area contributed by atoms with E-state index in [9.17, 15) is 18.0 Å². The summed E-state index contributed by atoms with van der Waals surface area (Å²) in [5.41, 5.74) is 0.865. The summed E-state index contributed by atoms with van der Waals surface area (Å²) in [6.07, 6.45) is 0.282. The Morgan fingerprint density at radius 3 is 2.10 bits per heavy atom. The fourth-order valence-electron chi connectivity index (χ4n) is 4.34. The van der Waals surface area contributed by atoms with Crippen molar-refractivity contribution in [2.75, 3.05) is 10.8 Å². The zero-order chi connectivity index (χ0) is 30.5. The number of nitrogens with one attached hydrogen (secondary N) is 1. The van der Waals surface area contributed by atoms with E-state index in [0.717, 1.165) is 4.31 Å². The Bertz CT molecular complexity index is 1510. The van der Waals surface area contributed by atoms with Gasteiger partial charge in [-0.05, 0) is 87.7 Å². The van der Waals surface area contributed by atoms with Crippen LogP contribution in [-0.2, 0) is 26.2 Å². The topological polar surface area (TPSA) is 86.8 Å². The summed E-state index contributed by atoms with van der Waals surface area (Å²) in [5, 5.41) is 4.11. The molecule has 0 aliphatic carbocycles. The molecule has 0 aliphatic rings. The third kappa shape index (κ3) is 8.38. The maximum absolute atomic E-state index is 14.2. The Kier molecular flexibility index (Phi) is 10.7. The lowest BCUT2D eigenvalue weighted by Crippen LogP contribution is -2.55. The predicted molar refractivity (Wildman–Crippen MR) is 166 cm³/mol. The molecular weight excluding hydrogens is 605 g/mol. The third-order valence-corrected chi connectivity index (χ3v) is 8.87. The normalized spacial score (nSPS) is 12.5. The molecule has 41 heavy (non-hydrogen) atoms. The second-order valence-corrected chi connectivity index (χ2v) is 13.8. The first kappa shape index (κ1) is 32.7. The van der Waals surface area contributed by atoms with E-state index >= 15 is 0 Å². The second kappa shape index (κ2) is 13.5. The predicted octanol–water partition coefficient (Wildman–Crippen LogP) is 6.87. The van der Waals surface area contributed by atoms with Crippen LogP contribution in [0.4, 0.5) is 5.69 Å². The van der Waals surface area contributed by atoms with Crippen molar-refractivity contribution >= 4 is 62.3 Å². The molecule has 1 atom stereocenters. The lowest BCUT2D eigenvalue weighted by atomic mass is 10.1. The van der Waals surface area contributed by atoms with Crippen molar-refractivity contribution < 1.29 is 18.0 Å². The van der Waals surface area contributed by atoms with Crippen LogP contribution in [-0.4, -0.2) is 43.3 Å². The van der Waals surface area contributed by atoms with Gasteiger partial charge in [-0.1, -0.05) is 66.0 Å². The van der Waals surface area contributed by atoms with Crippen LogP contribution in [0.5, 0.6) is 0 Å². The lowest BCUT2D eigenvalue weighted by Gasteiger charge is -2.35. The molecule has 0 aliphatic heterocycles. The van der Waals surface area contributed by atoms with Gasteiger partial charge in [-0.2, -0.15) is 0 Å². The van der Waals surface area contributed by atoms with E-state index in [4.69, 9.17) is 34.8 Å². The van der Waals surface area contributed by atoms with Crippen LogP contribution in [0, 0.1) is 6.92 Å². The Balaban J connectivity index is 2.12. The zero-order valence-corrected chi connectivity index (χ0v) is 26.7. The van der Waals surface area contributed by atoms with Crippen molar-refractivity contribution in [1.82, 2.24) is 10.2 Å². The van der Waals surface area contributed by atoms with Crippen LogP contribution >= 0.6 is 34.8 Å². The molecule has 0 heterocycles. The van der Waals surface area contributed by atoms with E-state index in [-0.39, 0.29) is 23.8 Å². The number of benzene rings is 3. The molecule has 0 radical (unpaired) electrons. The molecule has 3 aromatic rings. The van der Waals surface area contributed by atoms with Crippen LogP contribution in [0.1, 0.15) is 45.2 Å². The Hall–Kier alpha value is -2.78. The van der Waals surface area contributed by atoms with Gasteiger partial charge in [-0.3, -0.25) is 13.9 Å². The summed E-state index contributed by atoms with van der Waals surface area (Å²) in [6, 6.07) is 16.6. The van der Waals surface area contributed by atoms with Crippen LogP contribution in [0.15, 0.2) is 71.6 Å². The fraction of sp³-hybridized carbons (Fsp3) is 0.333. The first-order valence-electron chi connectivity index (χ1n) is 13.0. The zero-order valence-electron chi connectivity index (χ0n) is 23.6. The lowest BCUT2D eigenvalue weighted by molar-refractivity contribution is -0.141. The number of amides is 2. The number of nitrogens with zero attached hydrogens (tertiary/aromatic N) is 2. The number of carbonyl (C=O) groups excluding carboxylic acids is 2. The number of halogens is 3. The first-order chi connectivity index (χ1) is 19.1.